The summed E-state index contributed by atoms with van der Waals surface area (Å²) in [5.74, 6) is -1.59. The zero-order valence-corrected chi connectivity index (χ0v) is 17.0. The molecule has 0 radical (unpaired) electrons. The highest BCUT2D eigenvalue weighted by Crippen LogP contribution is 2.34. The zero-order valence-electron chi connectivity index (χ0n) is 17.0. The largest absolute Gasteiger partial charge is 0.483 e. The number of carbonyl (C=O) groups is 5. The second-order valence-electron chi connectivity index (χ2n) is 7.07. The number of ether oxygens (including phenoxy) is 1. The minimum atomic E-state index is -0.866. The molecule has 1 aliphatic heterocycles. The number of hydroxylamine groups is 2. The van der Waals surface area contributed by atoms with Crippen molar-refractivity contribution in [1.29, 1.82) is 0 Å². The Balaban J connectivity index is 0.00000132. The summed E-state index contributed by atoms with van der Waals surface area (Å²) in [5, 5.41) is 7.47. The van der Waals surface area contributed by atoms with E-state index in [1.165, 1.54) is 4.90 Å². The summed E-state index contributed by atoms with van der Waals surface area (Å²) in [6, 6.07) is 0. The lowest BCUT2D eigenvalue weighted by Crippen LogP contribution is -2.40. The third-order valence-corrected chi connectivity index (χ3v) is 4.91. The number of amides is 3. The molecule has 0 unspecified atom stereocenters. The third kappa shape index (κ3) is 6.88. The summed E-state index contributed by atoms with van der Waals surface area (Å²) in [5.41, 5.74) is -0.866. The summed E-state index contributed by atoms with van der Waals surface area (Å²) in [4.78, 5) is 62.8. The molecule has 0 spiro atoms. The van der Waals surface area contributed by atoms with Crippen LogP contribution < -0.4 is 0 Å². The molecule has 1 saturated heterocycles. The molecular weight excluding hydrogens is 384 g/mol. The maximum atomic E-state index is 12.6. The van der Waals surface area contributed by atoms with E-state index in [1.807, 2.05) is 19.1 Å². The lowest BCUT2D eigenvalue weighted by atomic mass is 9.79. The van der Waals surface area contributed by atoms with Gasteiger partial charge in [0.05, 0.1) is 5.41 Å². The lowest BCUT2D eigenvalue weighted by Gasteiger charge is -2.31. The summed E-state index contributed by atoms with van der Waals surface area (Å²) >= 11 is 0. The van der Waals surface area contributed by atoms with Crippen LogP contribution in [0, 0.1) is 5.41 Å². The number of allylic oxidation sites excluding steroid dienone is 1. The van der Waals surface area contributed by atoms with Crippen LogP contribution in [0.4, 0.5) is 4.79 Å². The van der Waals surface area contributed by atoms with Gasteiger partial charge in [-0.25, -0.2) is 9.59 Å². The van der Waals surface area contributed by atoms with Crippen molar-refractivity contribution in [2.45, 2.75) is 58.5 Å². The topological polar surface area (TPSA) is 131 Å². The molecule has 2 aliphatic rings. The molecule has 0 saturated carbocycles. The SMILES string of the molecule is CCN(C)C(=O)O[C@@H]1/C=C/CC[C@](C)(C(=O)ON2C(=O)CCC2=O)CC1.O=CO. The van der Waals surface area contributed by atoms with Crippen molar-refractivity contribution in [2.75, 3.05) is 13.6 Å². The molecule has 3 amide bonds. The monoisotopic (exact) mass is 412 g/mol. The minimum Gasteiger partial charge on any atom is -0.483 e. The quantitative estimate of drug-likeness (QED) is 0.421. The van der Waals surface area contributed by atoms with Crippen LogP contribution in [0.2, 0.25) is 0 Å². The Labute approximate surface area is 169 Å². The van der Waals surface area contributed by atoms with E-state index in [9.17, 15) is 19.2 Å². The van der Waals surface area contributed by atoms with Gasteiger partial charge in [-0.15, -0.1) is 5.06 Å². The van der Waals surface area contributed by atoms with Gasteiger partial charge in [0, 0.05) is 26.4 Å². The number of nitrogens with zero attached hydrogens (tertiary/aromatic N) is 2. The first-order valence-electron chi connectivity index (χ1n) is 9.43. The lowest BCUT2D eigenvalue weighted by molar-refractivity contribution is -0.205. The fourth-order valence-electron chi connectivity index (χ4n) is 2.83. The summed E-state index contributed by atoms with van der Waals surface area (Å²) in [6.07, 6.45) is 4.98. The van der Waals surface area contributed by atoms with Gasteiger partial charge < -0.3 is 19.6 Å². The van der Waals surface area contributed by atoms with Gasteiger partial charge in [-0.3, -0.25) is 14.4 Å². The molecule has 162 valence electrons. The van der Waals surface area contributed by atoms with E-state index in [-0.39, 0.29) is 19.3 Å². The number of hydrogen-bond acceptors (Lipinski definition) is 7. The Bertz CT molecular complexity index is 647. The van der Waals surface area contributed by atoms with Gasteiger partial charge in [-0.2, -0.15) is 0 Å². The van der Waals surface area contributed by atoms with Gasteiger partial charge in [-0.1, -0.05) is 6.08 Å². The van der Waals surface area contributed by atoms with Crippen molar-refractivity contribution in [3.63, 3.8) is 0 Å². The van der Waals surface area contributed by atoms with Crippen molar-refractivity contribution in [2.24, 2.45) is 5.41 Å². The molecule has 0 aromatic heterocycles. The van der Waals surface area contributed by atoms with Gasteiger partial charge in [0.2, 0.25) is 0 Å². The molecule has 1 fully saturated rings. The number of imide groups is 1. The van der Waals surface area contributed by atoms with Crippen molar-refractivity contribution < 1.29 is 38.7 Å². The Morgan fingerprint density at radius 1 is 1.31 bits per heavy atom. The molecule has 0 bridgehead atoms. The van der Waals surface area contributed by atoms with Gasteiger partial charge in [0.1, 0.15) is 6.10 Å². The normalized spacial score (nSPS) is 25.1. The van der Waals surface area contributed by atoms with Crippen LogP contribution in [0.3, 0.4) is 0 Å². The molecule has 2 atom stereocenters. The van der Waals surface area contributed by atoms with E-state index in [4.69, 9.17) is 19.5 Å². The Morgan fingerprint density at radius 3 is 2.45 bits per heavy atom. The average molecular weight is 412 g/mol. The van der Waals surface area contributed by atoms with Crippen LogP contribution in [0.15, 0.2) is 12.2 Å². The van der Waals surface area contributed by atoms with Crippen LogP contribution in [0.5, 0.6) is 0 Å². The van der Waals surface area contributed by atoms with Crippen LogP contribution >= 0.6 is 0 Å². The summed E-state index contributed by atoms with van der Waals surface area (Å²) in [7, 11) is 1.65. The first-order valence-corrected chi connectivity index (χ1v) is 9.43. The highest BCUT2D eigenvalue weighted by molar-refractivity contribution is 6.01. The second kappa shape index (κ2) is 11.2. The van der Waals surface area contributed by atoms with E-state index in [0.717, 1.165) is 0 Å². The van der Waals surface area contributed by atoms with E-state index < -0.39 is 35.4 Å². The van der Waals surface area contributed by atoms with Crippen LogP contribution in [0.25, 0.3) is 0 Å². The summed E-state index contributed by atoms with van der Waals surface area (Å²) in [6.45, 7) is 3.89. The first kappa shape index (κ1) is 24.1. The van der Waals surface area contributed by atoms with Crippen LogP contribution in [0.1, 0.15) is 52.4 Å². The standard InChI is InChI=1S/C18H26N2O6.CH2O2/c1-4-19(3)17(24)25-13-7-5-6-11-18(2,12-10-13)16(23)26-20-14(21)8-9-15(20)22;2-1-3/h5,7,13H,4,6,8-12H2,1-3H3;1H,(H,2,3)/b7-5+;/t13-,18+;/m1./s1. The van der Waals surface area contributed by atoms with Crippen LogP contribution in [-0.4, -0.2) is 65.1 Å². The molecule has 29 heavy (non-hydrogen) atoms. The molecule has 1 N–H and O–H groups in total. The first-order chi connectivity index (χ1) is 13.7. The van der Waals surface area contributed by atoms with Gasteiger partial charge >= 0.3 is 12.1 Å². The van der Waals surface area contributed by atoms with E-state index in [1.54, 1.807) is 14.0 Å². The van der Waals surface area contributed by atoms with Gasteiger partial charge in [-0.05, 0) is 45.6 Å². The van der Waals surface area contributed by atoms with Crippen LogP contribution in [-0.2, 0) is 28.8 Å². The second-order valence-corrected chi connectivity index (χ2v) is 7.07. The van der Waals surface area contributed by atoms with E-state index in [2.05, 4.69) is 0 Å². The minimum absolute atomic E-state index is 0.0640. The van der Waals surface area contributed by atoms with Gasteiger partial charge in [0.15, 0.2) is 0 Å². The van der Waals surface area contributed by atoms with E-state index >= 15 is 0 Å². The average Bonchev–Trinajstić information content (AvgIpc) is 2.99. The van der Waals surface area contributed by atoms with Crippen molar-refractivity contribution in [1.82, 2.24) is 9.96 Å². The molecule has 10 nitrogen and oxygen atoms in total. The number of hydrogen-bond donors (Lipinski definition) is 1. The number of carbonyl (C=O) groups excluding carboxylic acids is 4. The Kier molecular flexibility index (Phi) is 9.30. The maximum absolute atomic E-state index is 12.6. The number of rotatable bonds is 4. The fraction of sp³-hybridized carbons (Fsp3) is 0.632. The zero-order chi connectivity index (χ0) is 22.0. The summed E-state index contributed by atoms with van der Waals surface area (Å²) < 4.78 is 5.45. The molecule has 0 aromatic carbocycles. The van der Waals surface area contributed by atoms with Crippen molar-refractivity contribution >= 4 is 30.3 Å². The van der Waals surface area contributed by atoms with E-state index in [0.29, 0.717) is 37.3 Å². The molecule has 1 heterocycles. The molecular formula is C19H28N2O8. The predicted molar refractivity (Wildman–Crippen MR) is 100 cm³/mol. The molecule has 10 heteroatoms. The Morgan fingerprint density at radius 2 is 1.90 bits per heavy atom. The third-order valence-electron chi connectivity index (χ3n) is 4.91. The predicted octanol–water partition coefficient (Wildman–Crippen LogP) is 1.89. The van der Waals surface area contributed by atoms with Crippen molar-refractivity contribution in [3.05, 3.63) is 12.2 Å². The number of carboxylic acid groups (broad SMARTS) is 1. The maximum Gasteiger partial charge on any atom is 0.410 e. The highest BCUT2D eigenvalue weighted by Gasteiger charge is 2.41. The fourth-order valence-corrected chi connectivity index (χ4v) is 2.83. The highest BCUT2D eigenvalue weighted by atomic mass is 16.7. The smallest absolute Gasteiger partial charge is 0.410 e. The molecule has 1 aliphatic carbocycles. The molecule has 0 aromatic rings. The molecule has 2 rings (SSSR count). The Hall–Kier alpha value is -2.91. The van der Waals surface area contributed by atoms with Crippen molar-refractivity contribution in [3.8, 4) is 0 Å². The van der Waals surface area contributed by atoms with Gasteiger partial charge in [0.25, 0.3) is 18.3 Å².